The van der Waals surface area contributed by atoms with Crippen LogP contribution >= 0.6 is 0 Å². The van der Waals surface area contributed by atoms with Crippen molar-refractivity contribution in [3.63, 3.8) is 0 Å². The largest absolute Gasteiger partial charge is 0.378 e. The molecule has 41 heavy (non-hydrogen) atoms. The highest BCUT2D eigenvalue weighted by molar-refractivity contribution is 6.09. The number of nitrogens with zero attached hydrogens (tertiary/aromatic N) is 4. The Labute approximate surface area is 235 Å². The fraction of sp³-hybridized carbons (Fsp3) is 0.290. The van der Waals surface area contributed by atoms with Gasteiger partial charge >= 0.3 is 0 Å². The van der Waals surface area contributed by atoms with E-state index in [4.69, 9.17) is 9.84 Å². The number of halogens is 2. The summed E-state index contributed by atoms with van der Waals surface area (Å²) in [5.41, 5.74) is 3.68. The Morgan fingerprint density at radius 2 is 1.68 bits per heavy atom. The Morgan fingerprint density at radius 1 is 1.00 bits per heavy atom. The first-order valence-electron chi connectivity index (χ1n) is 13.6. The Kier molecular flexibility index (Phi) is 7.32. The monoisotopic (exact) mass is 558 g/mol. The first kappa shape index (κ1) is 26.8. The van der Waals surface area contributed by atoms with Gasteiger partial charge in [0, 0.05) is 30.6 Å². The zero-order valence-corrected chi connectivity index (χ0v) is 22.2. The van der Waals surface area contributed by atoms with E-state index in [1.54, 1.807) is 36.4 Å². The van der Waals surface area contributed by atoms with E-state index < -0.39 is 16.9 Å². The number of fused-ring (bicyclic) bond motifs is 1. The molecular formula is C31H28F2N4O4. The van der Waals surface area contributed by atoms with Gasteiger partial charge in [-0.25, -0.2) is 13.8 Å². The summed E-state index contributed by atoms with van der Waals surface area (Å²) in [5, 5.41) is 18.3. The molecule has 0 radical (unpaired) electrons. The van der Waals surface area contributed by atoms with Gasteiger partial charge in [0.1, 0.15) is 17.3 Å². The third-order valence-corrected chi connectivity index (χ3v) is 7.90. The normalized spacial score (nSPS) is 21.5. The highest BCUT2D eigenvalue weighted by Gasteiger charge is 2.44. The maximum Gasteiger partial charge on any atom is 0.293 e. The van der Waals surface area contributed by atoms with Crippen molar-refractivity contribution in [3.05, 3.63) is 111 Å². The number of allylic oxidation sites excluding steroid dienone is 1. The van der Waals surface area contributed by atoms with Gasteiger partial charge in [-0.05, 0) is 78.4 Å². The molecule has 8 nitrogen and oxygen atoms in total. The minimum atomic E-state index is -0.506. The molecule has 3 aromatic rings. The summed E-state index contributed by atoms with van der Waals surface area (Å²) < 4.78 is 32.7. The number of rotatable bonds is 5. The van der Waals surface area contributed by atoms with Crippen molar-refractivity contribution in [1.29, 1.82) is 0 Å². The van der Waals surface area contributed by atoms with Gasteiger partial charge in [-0.3, -0.25) is 14.9 Å². The van der Waals surface area contributed by atoms with Crippen molar-refractivity contribution in [2.45, 2.75) is 25.3 Å². The van der Waals surface area contributed by atoms with E-state index in [9.17, 15) is 23.7 Å². The molecule has 6 rings (SSSR count). The van der Waals surface area contributed by atoms with Gasteiger partial charge in [-0.15, -0.1) is 0 Å². The summed E-state index contributed by atoms with van der Waals surface area (Å²) in [4.78, 5) is 27.5. The van der Waals surface area contributed by atoms with E-state index in [1.165, 1.54) is 35.3 Å². The Morgan fingerprint density at radius 3 is 2.37 bits per heavy atom. The first-order chi connectivity index (χ1) is 19.9. The summed E-state index contributed by atoms with van der Waals surface area (Å²) in [6.45, 7) is 1.98. The predicted octanol–water partition coefficient (Wildman–Crippen LogP) is 6.15. The van der Waals surface area contributed by atoms with Crippen molar-refractivity contribution < 1.29 is 23.2 Å². The molecule has 3 aliphatic rings. The molecule has 0 unspecified atom stereocenters. The third kappa shape index (κ3) is 5.35. The molecule has 1 saturated heterocycles. The second kappa shape index (κ2) is 11.2. The Hall–Kier alpha value is -4.44. The molecule has 2 atom stereocenters. The van der Waals surface area contributed by atoms with Gasteiger partial charge in [-0.2, -0.15) is 5.10 Å². The Balaban J connectivity index is 1.40. The van der Waals surface area contributed by atoms with Gasteiger partial charge in [0.25, 0.3) is 11.6 Å². The number of hydrogen-bond acceptors (Lipinski definition) is 6. The van der Waals surface area contributed by atoms with E-state index in [2.05, 4.69) is 0 Å². The molecule has 2 heterocycles. The molecule has 0 bridgehead atoms. The van der Waals surface area contributed by atoms with Crippen LogP contribution in [0.15, 0.2) is 77.4 Å². The zero-order valence-electron chi connectivity index (χ0n) is 22.2. The number of morpholine rings is 1. The van der Waals surface area contributed by atoms with Crippen molar-refractivity contribution >= 4 is 29.1 Å². The van der Waals surface area contributed by atoms with Crippen molar-refractivity contribution in [1.82, 2.24) is 5.01 Å². The third-order valence-electron chi connectivity index (χ3n) is 7.90. The molecule has 1 aliphatic carbocycles. The average molecular weight is 559 g/mol. The van der Waals surface area contributed by atoms with Crippen LogP contribution in [0.2, 0.25) is 0 Å². The van der Waals surface area contributed by atoms with E-state index in [0.717, 1.165) is 41.7 Å². The number of hydrogen-bond donors (Lipinski definition) is 0. The Bertz CT molecular complexity index is 1530. The van der Waals surface area contributed by atoms with Crippen molar-refractivity contribution in [2.24, 2.45) is 11.0 Å². The van der Waals surface area contributed by atoms with Crippen LogP contribution in [-0.4, -0.2) is 47.9 Å². The SMILES string of the molecule is O=C(c1ccc(N2CCOCC2)c([N+](=O)[O-])c1)N1N=C2/C(=C/c3ccc(F)cc3)CCC[C@@H]2[C@@H]1c1ccc(F)cc1. The molecule has 210 valence electrons. The molecule has 0 aromatic heterocycles. The lowest BCUT2D eigenvalue weighted by Crippen LogP contribution is -2.36. The lowest BCUT2D eigenvalue weighted by atomic mass is 9.77. The number of carbonyl (C=O) groups is 1. The molecule has 0 spiro atoms. The standard InChI is InChI=1S/C31H28F2N4O4/c32-24-9-4-20(5-10-24)18-22-2-1-3-26-29(22)34-36(30(26)21-6-11-25(33)12-7-21)31(38)23-8-13-27(28(19-23)37(39)40)35-14-16-41-17-15-35/h4-13,18-19,26,30H,1-3,14-17H2/b22-18+/t26-,30-/m0/s1. The van der Waals surface area contributed by atoms with Gasteiger partial charge in [0.15, 0.2) is 0 Å². The average Bonchev–Trinajstić information content (AvgIpc) is 3.39. The summed E-state index contributed by atoms with van der Waals surface area (Å²) in [6, 6.07) is 16.2. The lowest BCUT2D eigenvalue weighted by molar-refractivity contribution is -0.384. The van der Waals surface area contributed by atoms with Gasteiger partial charge in [0.2, 0.25) is 0 Å². The molecule has 2 fully saturated rings. The first-order valence-corrected chi connectivity index (χ1v) is 13.6. The summed E-state index contributed by atoms with van der Waals surface area (Å²) in [6.07, 6.45) is 4.32. The number of hydrazone groups is 1. The molecule has 3 aromatic carbocycles. The van der Waals surface area contributed by atoms with Crippen molar-refractivity contribution in [3.8, 4) is 0 Å². The van der Waals surface area contributed by atoms with E-state index in [-0.39, 0.29) is 28.8 Å². The topological polar surface area (TPSA) is 88.3 Å². The summed E-state index contributed by atoms with van der Waals surface area (Å²) in [5.74, 6) is -1.33. The molecule has 10 heteroatoms. The molecule has 1 amide bonds. The summed E-state index contributed by atoms with van der Waals surface area (Å²) in [7, 11) is 0. The molecule has 1 saturated carbocycles. The van der Waals surface area contributed by atoms with Crippen LogP contribution in [0.3, 0.4) is 0 Å². The van der Waals surface area contributed by atoms with Crippen LogP contribution in [-0.2, 0) is 4.74 Å². The minimum absolute atomic E-state index is 0.146. The summed E-state index contributed by atoms with van der Waals surface area (Å²) >= 11 is 0. The predicted molar refractivity (Wildman–Crippen MR) is 151 cm³/mol. The van der Waals surface area contributed by atoms with Gasteiger partial charge < -0.3 is 9.64 Å². The van der Waals surface area contributed by atoms with Crippen LogP contribution in [0.25, 0.3) is 6.08 Å². The molecular weight excluding hydrogens is 530 g/mol. The number of benzene rings is 3. The maximum absolute atomic E-state index is 14.0. The number of anilines is 1. The smallest absolute Gasteiger partial charge is 0.293 e. The van der Waals surface area contributed by atoms with Crippen LogP contribution in [0.5, 0.6) is 0 Å². The number of amides is 1. The van der Waals surface area contributed by atoms with Gasteiger partial charge in [0.05, 0.1) is 29.9 Å². The van der Waals surface area contributed by atoms with Crippen LogP contribution in [0.4, 0.5) is 20.2 Å². The number of ether oxygens (including phenoxy) is 1. The lowest BCUT2D eigenvalue weighted by Gasteiger charge is -2.30. The number of carbonyl (C=O) groups excluding carboxylic acids is 1. The zero-order chi connectivity index (χ0) is 28.5. The van der Waals surface area contributed by atoms with E-state index in [1.807, 2.05) is 11.0 Å². The quantitative estimate of drug-likeness (QED) is 0.277. The fourth-order valence-electron chi connectivity index (χ4n) is 5.93. The van der Waals surface area contributed by atoms with Crippen LogP contribution in [0.1, 0.15) is 46.8 Å². The van der Waals surface area contributed by atoms with Crippen LogP contribution in [0, 0.1) is 27.7 Å². The minimum Gasteiger partial charge on any atom is -0.378 e. The number of nitro benzene ring substituents is 1. The number of nitro groups is 1. The molecule has 2 aliphatic heterocycles. The van der Waals surface area contributed by atoms with E-state index >= 15 is 0 Å². The second-order valence-corrected chi connectivity index (χ2v) is 10.4. The van der Waals surface area contributed by atoms with Crippen molar-refractivity contribution in [2.75, 3.05) is 31.2 Å². The van der Waals surface area contributed by atoms with Gasteiger partial charge in [-0.1, -0.05) is 24.3 Å². The highest BCUT2D eigenvalue weighted by atomic mass is 19.1. The van der Waals surface area contributed by atoms with E-state index in [0.29, 0.717) is 32.0 Å². The maximum atomic E-state index is 14.0. The fourth-order valence-corrected chi connectivity index (χ4v) is 5.93. The molecule has 0 N–H and O–H groups in total. The van der Waals surface area contributed by atoms with Crippen LogP contribution < -0.4 is 4.90 Å². The highest BCUT2D eigenvalue weighted by Crippen LogP contribution is 2.45. The second-order valence-electron chi connectivity index (χ2n) is 10.4.